The summed E-state index contributed by atoms with van der Waals surface area (Å²) in [6.45, 7) is 7.69. The van der Waals surface area contributed by atoms with Crippen molar-refractivity contribution in [3.63, 3.8) is 0 Å². The number of likely N-dealkylation sites (tertiary alicyclic amines) is 1. The van der Waals surface area contributed by atoms with Gasteiger partial charge in [-0.2, -0.15) is 0 Å². The Labute approximate surface area is 154 Å². The number of amides is 2. The highest BCUT2D eigenvalue weighted by atomic mass is 16.2. The first kappa shape index (κ1) is 18.4. The Kier molecular flexibility index (Phi) is 5.59. The van der Waals surface area contributed by atoms with Crippen molar-refractivity contribution in [2.45, 2.75) is 59.2 Å². The summed E-state index contributed by atoms with van der Waals surface area (Å²) in [6, 6.07) is 7.63. The third-order valence-corrected chi connectivity index (χ3v) is 5.05. The molecule has 1 atom stereocenters. The number of aryl methyl sites for hydroxylation is 1. The van der Waals surface area contributed by atoms with E-state index in [1.807, 2.05) is 38.1 Å². The Balaban J connectivity index is 1.72. The van der Waals surface area contributed by atoms with Gasteiger partial charge in [-0.15, -0.1) is 0 Å². The molecule has 1 aromatic heterocycles. The molecule has 1 aromatic carbocycles. The first-order valence-electron chi connectivity index (χ1n) is 9.55. The zero-order valence-corrected chi connectivity index (χ0v) is 15.9. The van der Waals surface area contributed by atoms with E-state index in [4.69, 9.17) is 0 Å². The molecule has 1 aliphatic heterocycles. The molecule has 1 saturated heterocycles. The van der Waals surface area contributed by atoms with Gasteiger partial charge >= 0.3 is 0 Å². The molecular weight excluding hydrogens is 328 g/mol. The number of piperidine rings is 1. The van der Waals surface area contributed by atoms with Crippen LogP contribution in [0.5, 0.6) is 0 Å². The monoisotopic (exact) mass is 356 g/mol. The molecule has 0 bridgehead atoms. The van der Waals surface area contributed by atoms with Crippen molar-refractivity contribution in [2.75, 3.05) is 6.54 Å². The third kappa shape index (κ3) is 3.59. The van der Waals surface area contributed by atoms with Gasteiger partial charge in [0.1, 0.15) is 11.9 Å². The minimum absolute atomic E-state index is 0.0608. The predicted molar refractivity (Wildman–Crippen MR) is 101 cm³/mol. The lowest BCUT2D eigenvalue weighted by Crippen LogP contribution is -2.52. The maximum absolute atomic E-state index is 12.8. The highest BCUT2D eigenvalue weighted by Crippen LogP contribution is 2.20. The number of hydrogen-bond donors (Lipinski definition) is 1. The minimum atomic E-state index is -0.363. The van der Waals surface area contributed by atoms with Crippen molar-refractivity contribution in [2.24, 2.45) is 5.92 Å². The van der Waals surface area contributed by atoms with E-state index in [0.29, 0.717) is 13.1 Å². The first-order valence-corrected chi connectivity index (χ1v) is 9.55. The molecule has 3 rings (SSSR count). The number of rotatable bonds is 5. The lowest BCUT2D eigenvalue weighted by molar-refractivity contribution is -0.144. The van der Waals surface area contributed by atoms with Gasteiger partial charge in [-0.1, -0.05) is 26.0 Å². The summed E-state index contributed by atoms with van der Waals surface area (Å²) in [5.74, 6) is 0.742. The normalized spacial score (nSPS) is 17.7. The maximum Gasteiger partial charge on any atom is 0.243 e. The molecule has 0 radical (unpaired) electrons. The van der Waals surface area contributed by atoms with E-state index in [1.165, 1.54) is 0 Å². The van der Waals surface area contributed by atoms with Gasteiger partial charge in [0, 0.05) is 19.0 Å². The second-order valence-electron chi connectivity index (χ2n) is 7.18. The molecule has 1 aliphatic rings. The number of nitrogens with one attached hydrogen (secondary N) is 1. The molecule has 2 heterocycles. The molecule has 0 aliphatic carbocycles. The molecule has 1 fully saturated rings. The highest BCUT2D eigenvalue weighted by molar-refractivity contribution is 5.88. The molecule has 26 heavy (non-hydrogen) atoms. The molecule has 6 heteroatoms. The zero-order valence-electron chi connectivity index (χ0n) is 15.9. The van der Waals surface area contributed by atoms with Crippen LogP contribution in [-0.4, -0.2) is 38.9 Å². The smallest absolute Gasteiger partial charge is 0.243 e. The van der Waals surface area contributed by atoms with Crippen LogP contribution in [0.2, 0.25) is 0 Å². The van der Waals surface area contributed by atoms with Gasteiger partial charge in [-0.3, -0.25) is 9.59 Å². The SMILES string of the molecule is CCn1c(CNC(=O)C2CCCCN2C(=O)C(C)C)nc2ccccc21. The number of imidazole rings is 1. The quantitative estimate of drug-likeness (QED) is 0.896. The molecular formula is C20H28N4O2. The topological polar surface area (TPSA) is 67.2 Å². The summed E-state index contributed by atoms with van der Waals surface area (Å²) in [5.41, 5.74) is 2.02. The zero-order chi connectivity index (χ0) is 18.7. The number of para-hydroxylation sites is 2. The Bertz CT molecular complexity index is 796. The summed E-state index contributed by atoms with van der Waals surface area (Å²) in [6.07, 6.45) is 2.68. The van der Waals surface area contributed by atoms with Crippen molar-refractivity contribution < 1.29 is 9.59 Å². The van der Waals surface area contributed by atoms with Crippen molar-refractivity contribution >= 4 is 22.8 Å². The van der Waals surface area contributed by atoms with Crippen LogP contribution in [0, 0.1) is 5.92 Å². The average molecular weight is 356 g/mol. The number of hydrogen-bond acceptors (Lipinski definition) is 3. The fourth-order valence-electron chi connectivity index (χ4n) is 3.70. The molecule has 1 unspecified atom stereocenters. The van der Waals surface area contributed by atoms with Crippen LogP contribution in [0.15, 0.2) is 24.3 Å². The Morgan fingerprint density at radius 2 is 2.04 bits per heavy atom. The highest BCUT2D eigenvalue weighted by Gasteiger charge is 2.33. The van der Waals surface area contributed by atoms with Crippen LogP contribution in [0.1, 0.15) is 45.9 Å². The summed E-state index contributed by atoms with van der Waals surface area (Å²) >= 11 is 0. The Morgan fingerprint density at radius 3 is 2.77 bits per heavy atom. The molecule has 0 spiro atoms. The number of fused-ring (bicyclic) bond motifs is 1. The van der Waals surface area contributed by atoms with E-state index in [2.05, 4.69) is 21.8 Å². The van der Waals surface area contributed by atoms with Crippen molar-refractivity contribution in [3.05, 3.63) is 30.1 Å². The Hall–Kier alpha value is -2.37. The second-order valence-corrected chi connectivity index (χ2v) is 7.18. The predicted octanol–water partition coefficient (Wildman–Crippen LogP) is 2.71. The van der Waals surface area contributed by atoms with Gasteiger partial charge in [0.15, 0.2) is 0 Å². The van der Waals surface area contributed by atoms with Gasteiger partial charge in [0.2, 0.25) is 11.8 Å². The van der Waals surface area contributed by atoms with Crippen LogP contribution in [0.25, 0.3) is 11.0 Å². The minimum Gasteiger partial charge on any atom is -0.347 e. The van der Waals surface area contributed by atoms with E-state index in [9.17, 15) is 9.59 Å². The lowest BCUT2D eigenvalue weighted by atomic mass is 9.99. The van der Waals surface area contributed by atoms with Gasteiger partial charge in [-0.05, 0) is 38.3 Å². The number of aromatic nitrogens is 2. The Morgan fingerprint density at radius 1 is 1.27 bits per heavy atom. The molecule has 0 saturated carbocycles. The van der Waals surface area contributed by atoms with Gasteiger partial charge in [0.05, 0.1) is 17.6 Å². The van der Waals surface area contributed by atoms with Crippen molar-refractivity contribution in [3.8, 4) is 0 Å². The van der Waals surface area contributed by atoms with E-state index >= 15 is 0 Å². The summed E-state index contributed by atoms with van der Waals surface area (Å²) < 4.78 is 2.12. The second kappa shape index (κ2) is 7.89. The molecule has 2 aromatic rings. The van der Waals surface area contributed by atoms with Gasteiger partial charge in [-0.25, -0.2) is 4.98 Å². The number of benzene rings is 1. The maximum atomic E-state index is 12.8. The first-order chi connectivity index (χ1) is 12.5. The number of nitrogens with zero attached hydrogens (tertiary/aromatic N) is 3. The van der Waals surface area contributed by atoms with Crippen LogP contribution in [0.3, 0.4) is 0 Å². The van der Waals surface area contributed by atoms with Crippen LogP contribution < -0.4 is 5.32 Å². The fraction of sp³-hybridized carbons (Fsp3) is 0.550. The lowest BCUT2D eigenvalue weighted by Gasteiger charge is -2.35. The van der Waals surface area contributed by atoms with Gasteiger partial charge < -0.3 is 14.8 Å². The van der Waals surface area contributed by atoms with Crippen LogP contribution >= 0.6 is 0 Å². The van der Waals surface area contributed by atoms with E-state index in [0.717, 1.165) is 42.7 Å². The molecule has 6 nitrogen and oxygen atoms in total. The summed E-state index contributed by atoms with van der Waals surface area (Å²) in [5, 5.41) is 3.01. The summed E-state index contributed by atoms with van der Waals surface area (Å²) in [4.78, 5) is 31.6. The summed E-state index contributed by atoms with van der Waals surface area (Å²) in [7, 11) is 0. The molecule has 2 amide bonds. The van der Waals surface area contributed by atoms with E-state index in [-0.39, 0.29) is 23.8 Å². The van der Waals surface area contributed by atoms with E-state index < -0.39 is 0 Å². The standard InChI is InChI=1S/C20H28N4O2/c1-4-23-16-10-6-5-9-15(16)22-18(23)13-21-19(25)17-11-7-8-12-24(17)20(26)14(2)3/h5-6,9-10,14,17H,4,7-8,11-13H2,1-3H3,(H,21,25). The van der Waals surface area contributed by atoms with E-state index in [1.54, 1.807) is 4.90 Å². The molecule has 1 N–H and O–H groups in total. The van der Waals surface area contributed by atoms with Gasteiger partial charge in [0.25, 0.3) is 0 Å². The van der Waals surface area contributed by atoms with Crippen molar-refractivity contribution in [1.29, 1.82) is 0 Å². The largest absolute Gasteiger partial charge is 0.347 e. The fourth-order valence-corrected chi connectivity index (χ4v) is 3.70. The molecule has 140 valence electrons. The van der Waals surface area contributed by atoms with Crippen molar-refractivity contribution in [1.82, 2.24) is 19.8 Å². The third-order valence-electron chi connectivity index (χ3n) is 5.05. The number of carbonyl (C=O) groups excluding carboxylic acids is 2. The van der Waals surface area contributed by atoms with Crippen LogP contribution in [-0.2, 0) is 22.7 Å². The average Bonchev–Trinajstić information content (AvgIpc) is 3.02. The number of carbonyl (C=O) groups is 2. The van der Waals surface area contributed by atoms with Crippen LogP contribution in [0.4, 0.5) is 0 Å².